The Morgan fingerprint density at radius 2 is 2.00 bits per heavy atom. The minimum atomic E-state index is -0.696. The quantitative estimate of drug-likeness (QED) is 0.890. The highest BCUT2D eigenvalue weighted by molar-refractivity contribution is 6.33. The van der Waals surface area contributed by atoms with Crippen LogP contribution in [0.3, 0.4) is 0 Å². The van der Waals surface area contributed by atoms with Gasteiger partial charge >= 0.3 is 5.97 Å². The highest BCUT2D eigenvalue weighted by atomic mass is 35.5. The van der Waals surface area contributed by atoms with E-state index in [0.717, 1.165) is 49.5 Å². The number of hydrogen-bond donors (Lipinski definition) is 1. The number of nitrogens with zero attached hydrogens (tertiary/aromatic N) is 1. The second kappa shape index (κ2) is 7.30. The smallest absolute Gasteiger partial charge is 0.303 e. The number of carboxylic acids is 1. The van der Waals surface area contributed by atoms with Crippen molar-refractivity contribution < 1.29 is 9.90 Å². The van der Waals surface area contributed by atoms with E-state index in [1.807, 2.05) is 12.1 Å². The van der Waals surface area contributed by atoms with Gasteiger partial charge in [0.25, 0.3) is 0 Å². The summed E-state index contributed by atoms with van der Waals surface area (Å²) in [6.07, 6.45) is 3.20. The van der Waals surface area contributed by atoms with Crippen LogP contribution in [0, 0.1) is 5.92 Å². The van der Waals surface area contributed by atoms with Gasteiger partial charge in [-0.3, -0.25) is 9.69 Å². The van der Waals surface area contributed by atoms with Crippen molar-refractivity contribution >= 4 is 29.2 Å². The van der Waals surface area contributed by atoms with Crippen LogP contribution >= 0.6 is 23.2 Å². The number of hydrogen-bond acceptors (Lipinski definition) is 2. The van der Waals surface area contributed by atoms with E-state index in [0.29, 0.717) is 10.9 Å². The van der Waals surface area contributed by atoms with Crippen LogP contribution in [0.25, 0.3) is 0 Å². The van der Waals surface area contributed by atoms with Crippen LogP contribution in [0.2, 0.25) is 10.0 Å². The molecule has 1 aliphatic heterocycles. The van der Waals surface area contributed by atoms with Gasteiger partial charge in [0.1, 0.15) is 0 Å². The van der Waals surface area contributed by atoms with Gasteiger partial charge in [0.15, 0.2) is 0 Å². The number of carbonyl (C=O) groups is 1. The Kier molecular flexibility index (Phi) is 5.70. The van der Waals surface area contributed by atoms with Gasteiger partial charge in [-0.15, -0.1) is 0 Å². The van der Waals surface area contributed by atoms with E-state index in [9.17, 15) is 4.79 Å². The topological polar surface area (TPSA) is 40.5 Å². The van der Waals surface area contributed by atoms with E-state index in [4.69, 9.17) is 28.3 Å². The van der Waals surface area contributed by atoms with Crippen molar-refractivity contribution in [2.75, 3.05) is 13.1 Å². The second-order valence-electron chi connectivity index (χ2n) is 5.39. The predicted molar refractivity (Wildman–Crippen MR) is 81.3 cm³/mol. The number of likely N-dealkylation sites (tertiary alicyclic amines) is 1. The van der Waals surface area contributed by atoms with E-state index < -0.39 is 5.97 Å². The van der Waals surface area contributed by atoms with E-state index >= 15 is 0 Å². The fourth-order valence-electron chi connectivity index (χ4n) is 2.67. The number of carboxylic acid groups (broad SMARTS) is 1. The van der Waals surface area contributed by atoms with Gasteiger partial charge in [0, 0.05) is 23.0 Å². The Hall–Kier alpha value is -0.770. The maximum atomic E-state index is 10.6. The first-order valence-corrected chi connectivity index (χ1v) is 7.68. The molecule has 0 aromatic heterocycles. The molecule has 1 heterocycles. The van der Waals surface area contributed by atoms with Crippen molar-refractivity contribution in [2.45, 2.75) is 32.2 Å². The lowest BCUT2D eigenvalue weighted by Crippen LogP contribution is -2.33. The van der Waals surface area contributed by atoms with E-state index in [2.05, 4.69) is 4.90 Å². The monoisotopic (exact) mass is 315 g/mol. The van der Waals surface area contributed by atoms with Crippen molar-refractivity contribution in [3.63, 3.8) is 0 Å². The van der Waals surface area contributed by atoms with E-state index in [1.54, 1.807) is 6.07 Å². The molecule has 1 N–H and O–H groups in total. The minimum Gasteiger partial charge on any atom is -0.481 e. The lowest BCUT2D eigenvalue weighted by Gasteiger charge is -2.32. The standard InChI is InChI=1S/C15H19Cl2NO2/c16-13-2-3-14(17)12(9-13)10-18-7-5-11(6-8-18)1-4-15(19)20/h2-3,9,11H,1,4-8,10H2,(H,19,20). The molecule has 1 aliphatic rings. The summed E-state index contributed by atoms with van der Waals surface area (Å²) in [5.74, 6) is -0.157. The summed E-state index contributed by atoms with van der Waals surface area (Å²) in [5, 5.41) is 10.2. The largest absolute Gasteiger partial charge is 0.481 e. The maximum Gasteiger partial charge on any atom is 0.303 e. The Bertz CT molecular complexity index is 471. The van der Waals surface area contributed by atoms with E-state index in [-0.39, 0.29) is 6.42 Å². The Morgan fingerprint density at radius 3 is 2.65 bits per heavy atom. The van der Waals surface area contributed by atoms with Gasteiger partial charge in [0.05, 0.1) is 0 Å². The predicted octanol–water partition coefficient (Wildman–Crippen LogP) is 4.07. The highest BCUT2D eigenvalue weighted by Crippen LogP contribution is 2.26. The van der Waals surface area contributed by atoms with Crippen molar-refractivity contribution in [2.24, 2.45) is 5.92 Å². The molecule has 0 unspecified atom stereocenters. The molecule has 1 aromatic carbocycles. The van der Waals surface area contributed by atoms with Gasteiger partial charge in [-0.25, -0.2) is 0 Å². The molecule has 0 bridgehead atoms. The Labute approximate surface area is 129 Å². The maximum absolute atomic E-state index is 10.6. The lowest BCUT2D eigenvalue weighted by atomic mass is 9.92. The zero-order valence-corrected chi connectivity index (χ0v) is 12.8. The van der Waals surface area contributed by atoms with Crippen LogP contribution in [0.1, 0.15) is 31.2 Å². The first-order chi connectivity index (χ1) is 9.54. The van der Waals surface area contributed by atoms with Gasteiger partial charge in [-0.05, 0) is 62.0 Å². The molecule has 2 rings (SSSR count). The van der Waals surface area contributed by atoms with Crippen LogP contribution in [0.5, 0.6) is 0 Å². The van der Waals surface area contributed by atoms with Crippen molar-refractivity contribution in [3.8, 4) is 0 Å². The molecule has 0 saturated carbocycles. The normalized spacial score (nSPS) is 17.3. The third kappa shape index (κ3) is 4.65. The molecule has 20 heavy (non-hydrogen) atoms. The molecule has 0 aliphatic carbocycles. The Balaban J connectivity index is 1.82. The molecule has 0 radical (unpaired) electrons. The summed E-state index contributed by atoms with van der Waals surface area (Å²) in [7, 11) is 0. The molecule has 110 valence electrons. The number of piperidine rings is 1. The van der Waals surface area contributed by atoms with Gasteiger partial charge in [-0.2, -0.15) is 0 Å². The molecule has 1 saturated heterocycles. The average Bonchev–Trinajstić information content (AvgIpc) is 2.42. The van der Waals surface area contributed by atoms with Gasteiger partial charge in [-0.1, -0.05) is 23.2 Å². The fourth-order valence-corrected chi connectivity index (χ4v) is 3.04. The number of benzene rings is 1. The molecular weight excluding hydrogens is 297 g/mol. The summed E-state index contributed by atoms with van der Waals surface area (Å²) in [6.45, 7) is 2.80. The van der Waals surface area contributed by atoms with Crippen LogP contribution in [0.4, 0.5) is 0 Å². The van der Waals surface area contributed by atoms with Gasteiger partial charge in [0.2, 0.25) is 0 Å². The number of aliphatic carboxylic acids is 1. The third-order valence-corrected chi connectivity index (χ3v) is 4.48. The average molecular weight is 316 g/mol. The molecule has 0 atom stereocenters. The van der Waals surface area contributed by atoms with Gasteiger partial charge < -0.3 is 5.11 Å². The summed E-state index contributed by atoms with van der Waals surface area (Å²) in [4.78, 5) is 12.9. The Morgan fingerprint density at radius 1 is 1.30 bits per heavy atom. The molecular formula is C15H19Cl2NO2. The molecule has 1 aromatic rings. The minimum absolute atomic E-state index is 0.283. The molecule has 5 heteroatoms. The van der Waals surface area contributed by atoms with Crippen LogP contribution in [-0.2, 0) is 11.3 Å². The zero-order chi connectivity index (χ0) is 14.5. The molecule has 0 spiro atoms. The van der Waals surface area contributed by atoms with Crippen LogP contribution in [0.15, 0.2) is 18.2 Å². The molecule has 0 amide bonds. The van der Waals surface area contributed by atoms with Crippen molar-refractivity contribution in [3.05, 3.63) is 33.8 Å². The lowest BCUT2D eigenvalue weighted by molar-refractivity contribution is -0.137. The first-order valence-electron chi connectivity index (χ1n) is 6.92. The van der Waals surface area contributed by atoms with Crippen molar-refractivity contribution in [1.29, 1.82) is 0 Å². The summed E-state index contributed by atoms with van der Waals surface area (Å²) in [5.41, 5.74) is 1.06. The second-order valence-corrected chi connectivity index (χ2v) is 6.23. The van der Waals surface area contributed by atoms with E-state index in [1.165, 1.54) is 0 Å². The molecule has 3 nitrogen and oxygen atoms in total. The van der Waals surface area contributed by atoms with Crippen molar-refractivity contribution in [1.82, 2.24) is 4.90 Å². The first kappa shape index (κ1) is 15.6. The fraction of sp³-hybridized carbons (Fsp3) is 0.533. The zero-order valence-electron chi connectivity index (χ0n) is 11.3. The SMILES string of the molecule is O=C(O)CCC1CCN(Cc2cc(Cl)ccc2Cl)CC1. The highest BCUT2D eigenvalue weighted by Gasteiger charge is 2.20. The number of halogens is 2. The van der Waals surface area contributed by atoms with Crippen LogP contribution in [-0.4, -0.2) is 29.1 Å². The summed E-state index contributed by atoms with van der Waals surface area (Å²) in [6, 6.07) is 5.55. The summed E-state index contributed by atoms with van der Waals surface area (Å²) >= 11 is 12.2. The summed E-state index contributed by atoms with van der Waals surface area (Å²) < 4.78 is 0. The number of rotatable bonds is 5. The third-order valence-electron chi connectivity index (χ3n) is 3.88. The van der Waals surface area contributed by atoms with Crippen LogP contribution < -0.4 is 0 Å². The molecule has 1 fully saturated rings.